The molecule has 0 aliphatic heterocycles. The van der Waals surface area contributed by atoms with Gasteiger partial charge in [-0.05, 0) is 41.9 Å². The molecule has 0 unspecified atom stereocenters. The number of rotatable bonds is 8. The molecule has 2 N–H and O–H groups in total. The fourth-order valence-corrected chi connectivity index (χ4v) is 2.66. The number of hydrogen-bond acceptors (Lipinski definition) is 2. The highest BCUT2D eigenvalue weighted by atomic mass is 127. The van der Waals surface area contributed by atoms with Crippen LogP contribution in [0.3, 0.4) is 0 Å². The molecule has 2 aromatic rings. The average molecular weight is 484 g/mol. The summed E-state index contributed by atoms with van der Waals surface area (Å²) in [6.07, 6.45) is 0. The quantitative estimate of drug-likeness (QED) is 0.336. The first-order chi connectivity index (χ1) is 12.6. The third-order valence-electron chi connectivity index (χ3n) is 4.38. The predicted molar refractivity (Wildman–Crippen MR) is 122 cm³/mol. The Labute approximate surface area is 179 Å². The molecule has 0 saturated heterocycles. The van der Waals surface area contributed by atoms with Gasteiger partial charge in [0.1, 0.15) is 5.82 Å². The van der Waals surface area contributed by atoms with Gasteiger partial charge in [0.05, 0.1) is 0 Å². The van der Waals surface area contributed by atoms with Crippen molar-refractivity contribution in [3.63, 3.8) is 0 Å². The van der Waals surface area contributed by atoms with Gasteiger partial charge in [-0.1, -0.05) is 50.2 Å². The number of halogens is 2. The van der Waals surface area contributed by atoms with E-state index in [4.69, 9.17) is 0 Å². The van der Waals surface area contributed by atoms with Gasteiger partial charge in [0.15, 0.2) is 5.96 Å². The highest BCUT2D eigenvalue weighted by molar-refractivity contribution is 14.0. The Morgan fingerprint density at radius 2 is 1.30 bits per heavy atom. The Morgan fingerprint density at radius 3 is 1.74 bits per heavy atom. The van der Waals surface area contributed by atoms with E-state index in [1.807, 2.05) is 0 Å². The van der Waals surface area contributed by atoms with Crippen molar-refractivity contribution in [2.75, 3.05) is 20.1 Å². The minimum absolute atomic E-state index is 0. The molecule has 0 atom stereocenters. The Hall–Kier alpha value is -1.67. The molecule has 0 heterocycles. The highest BCUT2D eigenvalue weighted by Crippen LogP contribution is 2.08. The monoisotopic (exact) mass is 484 g/mol. The van der Waals surface area contributed by atoms with Crippen LogP contribution >= 0.6 is 24.0 Å². The van der Waals surface area contributed by atoms with Crippen LogP contribution in [0.1, 0.15) is 30.5 Å². The second kappa shape index (κ2) is 12.7. The summed E-state index contributed by atoms with van der Waals surface area (Å²) < 4.78 is 12.9. The second-order valence-corrected chi connectivity index (χ2v) is 6.18. The van der Waals surface area contributed by atoms with Crippen LogP contribution in [0.15, 0.2) is 53.5 Å². The van der Waals surface area contributed by atoms with Crippen LogP contribution in [-0.2, 0) is 19.6 Å². The van der Waals surface area contributed by atoms with Gasteiger partial charge in [-0.25, -0.2) is 4.39 Å². The van der Waals surface area contributed by atoms with E-state index in [0.717, 1.165) is 31.2 Å². The normalized spacial score (nSPS) is 11.2. The van der Waals surface area contributed by atoms with Gasteiger partial charge >= 0.3 is 0 Å². The van der Waals surface area contributed by atoms with Crippen LogP contribution in [0.25, 0.3) is 0 Å². The van der Waals surface area contributed by atoms with E-state index in [9.17, 15) is 4.39 Å². The molecule has 6 heteroatoms. The fraction of sp³-hybridized carbons (Fsp3) is 0.381. The molecule has 0 spiro atoms. The minimum atomic E-state index is -0.222. The molecule has 27 heavy (non-hydrogen) atoms. The summed E-state index contributed by atoms with van der Waals surface area (Å²) in [4.78, 5) is 6.63. The third kappa shape index (κ3) is 8.26. The number of hydrogen-bond donors (Lipinski definition) is 2. The van der Waals surface area contributed by atoms with E-state index < -0.39 is 0 Å². The molecule has 0 aromatic heterocycles. The average Bonchev–Trinajstić information content (AvgIpc) is 2.68. The van der Waals surface area contributed by atoms with Crippen molar-refractivity contribution in [3.05, 3.63) is 71.0 Å². The first-order valence-electron chi connectivity index (χ1n) is 9.13. The molecule has 0 amide bonds. The molecule has 0 saturated carbocycles. The van der Waals surface area contributed by atoms with E-state index >= 15 is 0 Å². The van der Waals surface area contributed by atoms with E-state index in [1.165, 1.54) is 23.3 Å². The Balaban J connectivity index is 0.00000364. The first kappa shape index (κ1) is 23.4. The van der Waals surface area contributed by atoms with Crippen LogP contribution in [0.5, 0.6) is 0 Å². The van der Waals surface area contributed by atoms with E-state index in [0.29, 0.717) is 13.1 Å². The summed E-state index contributed by atoms with van der Waals surface area (Å²) in [7, 11) is 1.74. The molecule has 2 rings (SSSR count). The van der Waals surface area contributed by atoms with Crippen LogP contribution in [0.2, 0.25) is 0 Å². The highest BCUT2D eigenvalue weighted by Gasteiger charge is 2.03. The summed E-state index contributed by atoms with van der Waals surface area (Å²) in [5, 5.41) is 6.54. The van der Waals surface area contributed by atoms with Crippen molar-refractivity contribution in [3.8, 4) is 0 Å². The number of guanidine groups is 1. The SMILES string of the molecule is CCN(CC)Cc1ccc(CNC(=NC)NCc2ccc(F)cc2)cc1.I. The summed E-state index contributed by atoms with van der Waals surface area (Å²) in [6, 6.07) is 15.1. The van der Waals surface area contributed by atoms with E-state index in [-0.39, 0.29) is 29.8 Å². The van der Waals surface area contributed by atoms with Crippen LogP contribution in [-0.4, -0.2) is 31.0 Å². The second-order valence-electron chi connectivity index (χ2n) is 6.18. The van der Waals surface area contributed by atoms with Gasteiger partial charge in [0, 0.05) is 26.7 Å². The zero-order chi connectivity index (χ0) is 18.8. The zero-order valence-corrected chi connectivity index (χ0v) is 18.7. The molecule has 4 nitrogen and oxygen atoms in total. The topological polar surface area (TPSA) is 39.7 Å². The number of benzene rings is 2. The maximum Gasteiger partial charge on any atom is 0.191 e. The standard InChI is InChI=1S/C21H29FN4.HI/c1-4-26(5-2)16-19-8-6-17(7-9-19)14-24-21(23-3)25-15-18-10-12-20(22)13-11-18;/h6-13H,4-5,14-16H2,1-3H3,(H2,23,24,25);1H. The molecule has 0 radical (unpaired) electrons. The summed E-state index contributed by atoms with van der Waals surface area (Å²) >= 11 is 0. The lowest BCUT2D eigenvalue weighted by Gasteiger charge is -2.18. The van der Waals surface area contributed by atoms with Gasteiger partial charge in [0.25, 0.3) is 0 Å². The number of nitrogens with zero attached hydrogens (tertiary/aromatic N) is 2. The lowest BCUT2D eigenvalue weighted by Crippen LogP contribution is -2.36. The number of aliphatic imine (C=N–C) groups is 1. The summed E-state index contributed by atoms with van der Waals surface area (Å²) in [5.41, 5.74) is 3.55. The Bertz CT molecular complexity index is 682. The van der Waals surface area contributed by atoms with Crippen molar-refractivity contribution in [1.82, 2.24) is 15.5 Å². The molecule has 2 aromatic carbocycles. The smallest absolute Gasteiger partial charge is 0.191 e. The molecule has 0 fully saturated rings. The maximum absolute atomic E-state index is 12.9. The van der Waals surface area contributed by atoms with Gasteiger partial charge < -0.3 is 10.6 Å². The molecular formula is C21H30FIN4. The molecule has 0 bridgehead atoms. The van der Waals surface area contributed by atoms with Crippen LogP contribution in [0, 0.1) is 5.82 Å². The Morgan fingerprint density at radius 1 is 0.852 bits per heavy atom. The van der Waals surface area contributed by atoms with Gasteiger partial charge in [0.2, 0.25) is 0 Å². The third-order valence-corrected chi connectivity index (χ3v) is 4.38. The predicted octanol–water partition coefficient (Wildman–Crippen LogP) is 4.15. The lowest BCUT2D eigenvalue weighted by molar-refractivity contribution is 0.296. The van der Waals surface area contributed by atoms with Crippen molar-refractivity contribution in [1.29, 1.82) is 0 Å². The molecule has 0 aliphatic rings. The van der Waals surface area contributed by atoms with Crippen LogP contribution < -0.4 is 10.6 Å². The van der Waals surface area contributed by atoms with Gasteiger partial charge in [-0.3, -0.25) is 9.89 Å². The molecule has 0 aliphatic carbocycles. The van der Waals surface area contributed by atoms with Gasteiger partial charge in [-0.15, -0.1) is 24.0 Å². The number of nitrogens with one attached hydrogen (secondary N) is 2. The summed E-state index contributed by atoms with van der Waals surface area (Å²) in [5.74, 6) is 0.502. The van der Waals surface area contributed by atoms with E-state index in [2.05, 4.69) is 58.6 Å². The molecular weight excluding hydrogens is 454 g/mol. The summed E-state index contributed by atoms with van der Waals surface area (Å²) in [6.45, 7) is 8.80. The van der Waals surface area contributed by atoms with Crippen molar-refractivity contribution in [2.45, 2.75) is 33.5 Å². The lowest BCUT2D eigenvalue weighted by atomic mass is 10.1. The molecule has 148 valence electrons. The maximum atomic E-state index is 12.9. The van der Waals surface area contributed by atoms with Crippen LogP contribution in [0.4, 0.5) is 4.39 Å². The van der Waals surface area contributed by atoms with E-state index in [1.54, 1.807) is 19.2 Å². The van der Waals surface area contributed by atoms with Crippen molar-refractivity contribution in [2.24, 2.45) is 4.99 Å². The first-order valence-corrected chi connectivity index (χ1v) is 9.13. The van der Waals surface area contributed by atoms with Gasteiger partial charge in [-0.2, -0.15) is 0 Å². The Kier molecular flexibility index (Phi) is 11.0. The minimum Gasteiger partial charge on any atom is -0.352 e. The zero-order valence-electron chi connectivity index (χ0n) is 16.3. The van der Waals surface area contributed by atoms with Crippen molar-refractivity contribution >= 4 is 29.9 Å². The van der Waals surface area contributed by atoms with Crippen molar-refractivity contribution < 1.29 is 4.39 Å². The fourth-order valence-electron chi connectivity index (χ4n) is 2.66. The largest absolute Gasteiger partial charge is 0.352 e.